The van der Waals surface area contributed by atoms with E-state index in [0.717, 1.165) is 44.0 Å². The molecule has 0 aromatic heterocycles. The maximum atomic E-state index is 9.50. The van der Waals surface area contributed by atoms with E-state index in [2.05, 4.69) is 4.90 Å². The molecule has 0 bridgehead atoms. The Bertz CT molecular complexity index is 374. The molecule has 1 saturated heterocycles. The van der Waals surface area contributed by atoms with Crippen molar-refractivity contribution in [3.05, 3.63) is 28.8 Å². The van der Waals surface area contributed by atoms with Crippen molar-refractivity contribution in [2.24, 2.45) is 0 Å². The number of ether oxygens (including phenoxy) is 1. The monoisotopic (exact) mass is 255 g/mol. The van der Waals surface area contributed by atoms with Gasteiger partial charge in [-0.3, -0.25) is 0 Å². The van der Waals surface area contributed by atoms with Crippen LogP contribution in [-0.4, -0.2) is 31.4 Å². The van der Waals surface area contributed by atoms with Crippen LogP contribution in [-0.2, 0) is 4.74 Å². The predicted octanol–water partition coefficient (Wildman–Crippen LogP) is 2.62. The Balaban J connectivity index is 2.19. The fourth-order valence-corrected chi connectivity index (χ4v) is 2.33. The highest BCUT2D eigenvalue weighted by molar-refractivity contribution is 6.33. The number of hydrogen-bond donors (Lipinski definition) is 1. The van der Waals surface area contributed by atoms with Gasteiger partial charge in [-0.15, -0.1) is 0 Å². The molecule has 1 aromatic rings. The smallest absolute Gasteiger partial charge is 0.0762 e. The van der Waals surface area contributed by atoms with Crippen molar-refractivity contribution in [3.8, 4) is 0 Å². The van der Waals surface area contributed by atoms with Gasteiger partial charge in [-0.25, -0.2) is 0 Å². The molecule has 0 radical (unpaired) electrons. The fraction of sp³-hybridized carbons (Fsp3) is 0.538. The van der Waals surface area contributed by atoms with E-state index in [4.69, 9.17) is 16.3 Å². The molecule has 1 fully saturated rings. The highest BCUT2D eigenvalue weighted by Gasteiger charge is 2.14. The first-order valence-corrected chi connectivity index (χ1v) is 6.36. The summed E-state index contributed by atoms with van der Waals surface area (Å²) in [6.07, 6.45) is 0.545. The molecule has 0 spiro atoms. The van der Waals surface area contributed by atoms with Crippen LogP contribution in [0.3, 0.4) is 0 Å². The molecule has 1 heterocycles. The van der Waals surface area contributed by atoms with Crippen LogP contribution in [0.15, 0.2) is 18.2 Å². The third-order valence-electron chi connectivity index (χ3n) is 3.02. The molecule has 1 atom stereocenters. The van der Waals surface area contributed by atoms with E-state index in [1.54, 1.807) is 6.92 Å². The van der Waals surface area contributed by atoms with Crippen LogP contribution < -0.4 is 4.90 Å². The van der Waals surface area contributed by atoms with Gasteiger partial charge < -0.3 is 14.7 Å². The Labute approximate surface area is 107 Å². The molecule has 4 heteroatoms. The highest BCUT2D eigenvalue weighted by atomic mass is 35.5. The van der Waals surface area contributed by atoms with Crippen LogP contribution in [0.4, 0.5) is 5.69 Å². The van der Waals surface area contributed by atoms with Gasteiger partial charge in [-0.2, -0.15) is 0 Å². The van der Waals surface area contributed by atoms with Gasteiger partial charge in [-0.1, -0.05) is 17.7 Å². The minimum atomic E-state index is -0.478. The van der Waals surface area contributed by atoms with Crippen LogP contribution in [0.25, 0.3) is 0 Å². The van der Waals surface area contributed by atoms with Gasteiger partial charge in [0.25, 0.3) is 0 Å². The summed E-state index contributed by atoms with van der Waals surface area (Å²) in [6.45, 7) is 5.14. The van der Waals surface area contributed by atoms with Gasteiger partial charge in [0.15, 0.2) is 0 Å². The summed E-state index contributed by atoms with van der Waals surface area (Å²) in [5.74, 6) is 0. The number of hydrogen-bond acceptors (Lipinski definition) is 3. The summed E-state index contributed by atoms with van der Waals surface area (Å²) < 4.78 is 5.42. The maximum absolute atomic E-state index is 9.50. The molecule has 1 N–H and O–H groups in total. The summed E-state index contributed by atoms with van der Waals surface area (Å²) in [7, 11) is 0. The second-order valence-corrected chi connectivity index (χ2v) is 4.75. The average Bonchev–Trinajstić information content (AvgIpc) is 2.57. The van der Waals surface area contributed by atoms with Gasteiger partial charge in [0.1, 0.15) is 0 Å². The molecule has 3 nitrogen and oxygen atoms in total. The number of benzene rings is 1. The summed E-state index contributed by atoms with van der Waals surface area (Å²) in [4.78, 5) is 2.24. The Morgan fingerprint density at radius 2 is 2.18 bits per heavy atom. The van der Waals surface area contributed by atoms with Gasteiger partial charge in [0.05, 0.1) is 23.4 Å². The van der Waals surface area contributed by atoms with E-state index in [1.165, 1.54) is 0 Å². The summed E-state index contributed by atoms with van der Waals surface area (Å²) in [5, 5.41) is 10.2. The molecule has 0 unspecified atom stereocenters. The van der Waals surface area contributed by atoms with E-state index >= 15 is 0 Å². The SMILES string of the molecule is C[C@H](O)c1ccc(N2CCCOCC2)c(Cl)c1. The van der Waals surface area contributed by atoms with Gasteiger partial charge in [0, 0.05) is 19.7 Å². The average molecular weight is 256 g/mol. The second kappa shape index (κ2) is 5.71. The number of aliphatic hydroxyl groups excluding tert-OH is 1. The topological polar surface area (TPSA) is 32.7 Å². The fourth-order valence-electron chi connectivity index (χ4n) is 2.03. The minimum Gasteiger partial charge on any atom is -0.389 e. The highest BCUT2D eigenvalue weighted by Crippen LogP contribution is 2.29. The van der Waals surface area contributed by atoms with Gasteiger partial charge >= 0.3 is 0 Å². The van der Waals surface area contributed by atoms with Crippen molar-refractivity contribution in [3.63, 3.8) is 0 Å². The first-order valence-electron chi connectivity index (χ1n) is 5.98. The zero-order chi connectivity index (χ0) is 12.3. The lowest BCUT2D eigenvalue weighted by Gasteiger charge is -2.23. The molecule has 1 aliphatic rings. The van der Waals surface area contributed by atoms with Crippen molar-refractivity contribution in [1.29, 1.82) is 0 Å². The standard InChI is InChI=1S/C13H18ClNO2/c1-10(16)11-3-4-13(12(14)9-11)15-5-2-7-17-8-6-15/h3-4,9-10,16H,2,5-8H2,1H3/t10-/m0/s1. The van der Waals surface area contributed by atoms with Crippen molar-refractivity contribution in [2.75, 3.05) is 31.2 Å². The number of halogens is 1. The minimum absolute atomic E-state index is 0.478. The molecule has 2 rings (SSSR count). The van der Waals surface area contributed by atoms with Crippen LogP contribution in [0.1, 0.15) is 25.0 Å². The van der Waals surface area contributed by atoms with Crippen LogP contribution >= 0.6 is 11.6 Å². The molecule has 1 aromatic carbocycles. The van der Waals surface area contributed by atoms with Crippen molar-refractivity contribution < 1.29 is 9.84 Å². The normalized spacial score (nSPS) is 18.9. The molecule has 0 aliphatic carbocycles. The molecule has 0 saturated carbocycles. The first-order chi connectivity index (χ1) is 8.18. The number of aliphatic hydroxyl groups is 1. The van der Waals surface area contributed by atoms with E-state index in [1.807, 2.05) is 18.2 Å². The Hall–Kier alpha value is -0.770. The molecule has 0 amide bonds. The van der Waals surface area contributed by atoms with Crippen LogP contribution in [0.5, 0.6) is 0 Å². The zero-order valence-electron chi connectivity index (χ0n) is 10.0. The molecule has 17 heavy (non-hydrogen) atoms. The van der Waals surface area contributed by atoms with Gasteiger partial charge in [-0.05, 0) is 31.0 Å². The van der Waals surface area contributed by atoms with Crippen LogP contribution in [0, 0.1) is 0 Å². The molecule has 94 valence electrons. The van der Waals surface area contributed by atoms with Gasteiger partial charge in [0.2, 0.25) is 0 Å². The lowest BCUT2D eigenvalue weighted by Crippen LogP contribution is -2.26. The first kappa shape index (κ1) is 12.7. The Morgan fingerprint density at radius 3 is 2.88 bits per heavy atom. The molecular formula is C13H18ClNO2. The Morgan fingerprint density at radius 1 is 1.35 bits per heavy atom. The molecular weight excluding hydrogens is 238 g/mol. The Kier molecular flexibility index (Phi) is 4.26. The number of rotatable bonds is 2. The summed E-state index contributed by atoms with van der Waals surface area (Å²) in [5.41, 5.74) is 1.88. The van der Waals surface area contributed by atoms with E-state index in [9.17, 15) is 5.11 Å². The zero-order valence-corrected chi connectivity index (χ0v) is 10.8. The third-order valence-corrected chi connectivity index (χ3v) is 3.32. The van der Waals surface area contributed by atoms with Crippen molar-refractivity contribution >= 4 is 17.3 Å². The number of nitrogens with zero attached hydrogens (tertiary/aromatic N) is 1. The van der Waals surface area contributed by atoms with Crippen molar-refractivity contribution in [2.45, 2.75) is 19.4 Å². The quantitative estimate of drug-likeness (QED) is 0.882. The third kappa shape index (κ3) is 3.12. The van der Waals surface area contributed by atoms with E-state index in [-0.39, 0.29) is 0 Å². The van der Waals surface area contributed by atoms with E-state index in [0.29, 0.717) is 5.02 Å². The van der Waals surface area contributed by atoms with Crippen LogP contribution in [0.2, 0.25) is 5.02 Å². The largest absolute Gasteiger partial charge is 0.389 e. The lowest BCUT2D eigenvalue weighted by atomic mass is 10.1. The maximum Gasteiger partial charge on any atom is 0.0762 e. The van der Waals surface area contributed by atoms with Crippen molar-refractivity contribution in [1.82, 2.24) is 0 Å². The summed E-state index contributed by atoms with van der Waals surface area (Å²) in [6, 6.07) is 5.75. The summed E-state index contributed by atoms with van der Waals surface area (Å²) >= 11 is 6.27. The molecule has 1 aliphatic heterocycles. The van der Waals surface area contributed by atoms with E-state index < -0.39 is 6.10 Å². The predicted molar refractivity (Wildman–Crippen MR) is 69.7 cm³/mol. The number of anilines is 1. The lowest BCUT2D eigenvalue weighted by molar-refractivity contribution is 0.152. The second-order valence-electron chi connectivity index (χ2n) is 4.34.